The van der Waals surface area contributed by atoms with Crippen molar-refractivity contribution >= 4 is 22.7 Å². The highest BCUT2D eigenvalue weighted by Gasteiger charge is 2.43. The van der Waals surface area contributed by atoms with Crippen molar-refractivity contribution in [2.24, 2.45) is 0 Å². The summed E-state index contributed by atoms with van der Waals surface area (Å²) in [7, 11) is 2.19. The molecular weight excluding hydrogens is 424 g/mol. The second kappa shape index (κ2) is 7.49. The monoisotopic (exact) mass is 458 g/mol. The minimum atomic E-state index is -0.175. The normalized spacial score (nSPS) is 16.7. The lowest BCUT2D eigenvalue weighted by Crippen LogP contribution is -2.44. The van der Waals surface area contributed by atoms with Gasteiger partial charge in [-0.05, 0) is 67.3 Å². The van der Waals surface area contributed by atoms with Crippen LogP contribution in [0.4, 0.5) is 22.7 Å². The van der Waals surface area contributed by atoms with Crippen LogP contribution in [0.15, 0.2) is 84.9 Å². The molecule has 0 N–H and O–H groups in total. The zero-order valence-corrected chi connectivity index (χ0v) is 21.7. The quantitative estimate of drug-likeness (QED) is 0.299. The Labute approximate surface area is 209 Å². The van der Waals surface area contributed by atoms with Crippen LogP contribution in [-0.2, 0) is 10.8 Å². The van der Waals surface area contributed by atoms with Gasteiger partial charge in [0.25, 0.3) is 0 Å². The second-order valence-corrected chi connectivity index (χ2v) is 11.2. The zero-order chi connectivity index (χ0) is 24.5. The number of benzene rings is 4. The summed E-state index contributed by atoms with van der Waals surface area (Å²) in [6.45, 7) is 12.5. The molecule has 0 saturated carbocycles. The lowest BCUT2D eigenvalue weighted by Gasteiger charge is -2.48. The average Bonchev–Trinajstić information content (AvgIpc) is 2.86. The fourth-order valence-electron chi connectivity index (χ4n) is 6.44. The lowest BCUT2D eigenvalue weighted by molar-refractivity contribution is 0.551. The maximum atomic E-state index is 2.59. The van der Waals surface area contributed by atoms with E-state index in [1.165, 1.54) is 56.1 Å². The van der Waals surface area contributed by atoms with Crippen LogP contribution in [0.25, 0.3) is 0 Å². The first-order valence-corrected chi connectivity index (χ1v) is 12.6. The van der Waals surface area contributed by atoms with Crippen molar-refractivity contribution in [1.82, 2.24) is 0 Å². The first kappa shape index (κ1) is 22.0. The lowest BCUT2D eigenvalue weighted by atomic mass is 9.69. The molecule has 0 amide bonds. The molecule has 0 saturated heterocycles. The van der Waals surface area contributed by atoms with Crippen molar-refractivity contribution < 1.29 is 0 Å². The molecular formula is C33H34N2. The van der Waals surface area contributed by atoms with Crippen LogP contribution < -0.4 is 9.80 Å². The molecule has 0 radical (unpaired) electrons. The van der Waals surface area contributed by atoms with E-state index in [4.69, 9.17) is 0 Å². The summed E-state index contributed by atoms with van der Waals surface area (Å²) in [5.41, 5.74) is 13.2. The molecule has 0 unspecified atom stereocenters. The van der Waals surface area contributed by atoms with E-state index in [0.29, 0.717) is 0 Å². The fraction of sp³-hybridized carbons (Fsp3) is 0.273. The topological polar surface area (TPSA) is 6.48 Å². The second-order valence-electron chi connectivity index (χ2n) is 11.2. The number of hydrogen-bond donors (Lipinski definition) is 0. The summed E-state index contributed by atoms with van der Waals surface area (Å²) in [6, 6.07) is 31.8. The van der Waals surface area contributed by atoms with E-state index in [2.05, 4.69) is 136 Å². The summed E-state index contributed by atoms with van der Waals surface area (Å²) in [5, 5.41) is 0. The molecule has 0 aliphatic carbocycles. The summed E-state index contributed by atoms with van der Waals surface area (Å²) >= 11 is 0. The SMILES string of the molecule is Cc1ccc2c(c1)C(C)(C)c1cc(C)ccc1N2CC1(C)c2ccccc2N(C)c2ccccc21. The Morgan fingerprint density at radius 1 is 0.571 bits per heavy atom. The third kappa shape index (κ3) is 3.09. The molecule has 0 spiro atoms. The van der Waals surface area contributed by atoms with E-state index in [-0.39, 0.29) is 10.8 Å². The number of aryl methyl sites for hydroxylation is 2. The van der Waals surface area contributed by atoms with Gasteiger partial charge < -0.3 is 9.80 Å². The molecule has 0 atom stereocenters. The van der Waals surface area contributed by atoms with Gasteiger partial charge in [0.05, 0.1) is 0 Å². The fourth-order valence-corrected chi connectivity index (χ4v) is 6.44. The van der Waals surface area contributed by atoms with Gasteiger partial charge in [0.15, 0.2) is 0 Å². The van der Waals surface area contributed by atoms with Gasteiger partial charge in [0, 0.05) is 47.2 Å². The van der Waals surface area contributed by atoms with Gasteiger partial charge in [0.1, 0.15) is 0 Å². The Balaban J connectivity index is 1.60. The molecule has 0 aromatic heterocycles. The molecule has 4 aromatic rings. The third-order valence-electron chi connectivity index (χ3n) is 8.43. The molecule has 6 rings (SSSR count). The van der Waals surface area contributed by atoms with Crippen LogP contribution in [0.3, 0.4) is 0 Å². The van der Waals surface area contributed by atoms with Crippen molar-refractivity contribution in [1.29, 1.82) is 0 Å². The van der Waals surface area contributed by atoms with Crippen molar-refractivity contribution in [3.05, 3.63) is 118 Å². The Hall–Kier alpha value is -3.52. The van der Waals surface area contributed by atoms with Crippen LogP contribution >= 0.6 is 0 Å². The van der Waals surface area contributed by atoms with Gasteiger partial charge in [-0.2, -0.15) is 0 Å². The van der Waals surface area contributed by atoms with Gasteiger partial charge >= 0.3 is 0 Å². The largest absolute Gasteiger partial charge is 0.344 e. The molecule has 2 aliphatic rings. The van der Waals surface area contributed by atoms with Crippen LogP contribution in [0.2, 0.25) is 0 Å². The molecule has 4 aromatic carbocycles. The van der Waals surface area contributed by atoms with E-state index >= 15 is 0 Å². The van der Waals surface area contributed by atoms with Gasteiger partial charge in [-0.1, -0.05) is 85.6 Å². The standard InChI is InChI=1S/C33H34N2/c1-22-15-17-30-26(19-22)32(3,4)27-20-23(2)16-18-31(27)35(30)21-33(5)24-11-7-9-13-28(24)34(6)29-14-10-8-12-25(29)33/h7-20H,21H2,1-6H3. The predicted molar refractivity (Wildman–Crippen MR) is 149 cm³/mol. The minimum absolute atomic E-state index is 0.0529. The predicted octanol–water partition coefficient (Wildman–Crippen LogP) is 8.17. The first-order valence-electron chi connectivity index (χ1n) is 12.6. The Kier molecular flexibility index (Phi) is 4.70. The molecule has 0 fully saturated rings. The smallest absolute Gasteiger partial charge is 0.0452 e. The van der Waals surface area contributed by atoms with E-state index in [0.717, 1.165) is 6.54 Å². The molecule has 2 heteroatoms. The summed E-state index contributed by atoms with van der Waals surface area (Å²) in [4.78, 5) is 4.94. The number of rotatable bonds is 2. The first-order chi connectivity index (χ1) is 16.7. The average molecular weight is 459 g/mol. The van der Waals surface area contributed by atoms with Crippen LogP contribution in [0.1, 0.15) is 54.2 Å². The maximum absolute atomic E-state index is 2.59. The number of fused-ring (bicyclic) bond motifs is 4. The number of nitrogens with zero attached hydrogens (tertiary/aromatic N) is 2. The van der Waals surface area contributed by atoms with Gasteiger partial charge in [-0.25, -0.2) is 0 Å². The maximum Gasteiger partial charge on any atom is 0.0452 e. The van der Waals surface area contributed by atoms with Crippen LogP contribution in [0.5, 0.6) is 0 Å². The van der Waals surface area contributed by atoms with Crippen LogP contribution in [0, 0.1) is 13.8 Å². The summed E-state index contributed by atoms with van der Waals surface area (Å²) in [6.07, 6.45) is 0. The third-order valence-corrected chi connectivity index (χ3v) is 8.43. The molecule has 2 aliphatic heterocycles. The summed E-state index contributed by atoms with van der Waals surface area (Å²) < 4.78 is 0. The van der Waals surface area contributed by atoms with E-state index in [1.807, 2.05) is 0 Å². The van der Waals surface area contributed by atoms with Crippen molar-refractivity contribution in [2.75, 3.05) is 23.4 Å². The minimum Gasteiger partial charge on any atom is -0.344 e. The van der Waals surface area contributed by atoms with Gasteiger partial charge in [-0.3, -0.25) is 0 Å². The van der Waals surface area contributed by atoms with Crippen LogP contribution in [-0.4, -0.2) is 13.6 Å². The van der Waals surface area contributed by atoms with Gasteiger partial charge in [-0.15, -0.1) is 0 Å². The molecule has 2 nitrogen and oxygen atoms in total. The van der Waals surface area contributed by atoms with E-state index < -0.39 is 0 Å². The molecule has 35 heavy (non-hydrogen) atoms. The van der Waals surface area contributed by atoms with Gasteiger partial charge in [0.2, 0.25) is 0 Å². The van der Waals surface area contributed by atoms with E-state index in [1.54, 1.807) is 0 Å². The highest BCUT2D eigenvalue weighted by molar-refractivity contribution is 5.82. The number of para-hydroxylation sites is 2. The summed E-state index contributed by atoms with van der Waals surface area (Å²) in [5.74, 6) is 0. The Morgan fingerprint density at radius 2 is 1.03 bits per heavy atom. The molecule has 176 valence electrons. The van der Waals surface area contributed by atoms with Crippen molar-refractivity contribution in [3.8, 4) is 0 Å². The highest BCUT2D eigenvalue weighted by Crippen LogP contribution is 2.54. The van der Waals surface area contributed by atoms with Crippen molar-refractivity contribution in [3.63, 3.8) is 0 Å². The van der Waals surface area contributed by atoms with Crippen molar-refractivity contribution in [2.45, 2.75) is 45.4 Å². The highest BCUT2D eigenvalue weighted by atomic mass is 15.2. The molecule has 2 heterocycles. The molecule has 0 bridgehead atoms. The number of hydrogen-bond acceptors (Lipinski definition) is 2. The zero-order valence-electron chi connectivity index (χ0n) is 21.7. The number of anilines is 4. The van der Waals surface area contributed by atoms with E-state index in [9.17, 15) is 0 Å². The Bertz CT molecular complexity index is 1360. The Morgan fingerprint density at radius 3 is 1.51 bits per heavy atom.